The summed E-state index contributed by atoms with van der Waals surface area (Å²) in [4.78, 5) is 25.0. The number of amides is 1. The van der Waals surface area contributed by atoms with E-state index in [1.165, 1.54) is 6.07 Å². The standard InChI is InChI=1S/C23H16ClNO3/c1-14-4-2-5-15(10-14)22-13-20(26)19-12-18(8-9-21(19)28-22)25-23(27)16-6-3-7-17(24)11-16/h2-13H,1H3,(H,25,27). The largest absolute Gasteiger partial charge is 0.456 e. The number of benzene rings is 3. The van der Waals surface area contributed by atoms with Gasteiger partial charge in [-0.1, -0.05) is 41.4 Å². The predicted molar refractivity (Wildman–Crippen MR) is 112 cm³/mol. The first kappa shape index (κ1) is 18.0. The van der Waals surface area contributed by atoms with Crippen LogP contribution in [0.1, 0.15) is 15.9 Å². The van der Waals surface area contributed by atoms with Crippen molar-refractivity contribution in [3.8, 4) is 11.3 Å². The number of rotatable bonds is 3. The van der Waals surface area contributed by atoms with E-state index in [1.807, 2.05) is 31.2 Å². The molecule has 1 aromatic heterocycles. The van der Waals surface area contributed by atoms with Crippen LogP contribution in [0, 0.1) is 6.92 Å². The maximum Gasteiger partial charge on any atom is 0.255 e. The van der Waals surface area contributed by atoms with E-state index in [4.69, 9.17) is 16.0 Å². The van der Waals surface area contributed by atoms with Crippen LogP contribution in [0.25, 0.3) is 22.3 Å². The normalized spacial score (nSPS) is 10.8. The van der Waals surface area contributed by atoms with E-state index in [2.05, 4.69) is 5.32 Å². The van der Waals surface area contributed by atoms with Gasteiger partial charge in [0.15, 0.2) is 5.43 Å². The van der Waals surface area contributed by atoms with Gasteiger partial charge in [0.25, 0.3) is 5.91 Å². The zero-order valence-electron chi connectivity index (χ0n) is 15.0. The minimum absolute atomic E-state index is 0.170. The molecule has 0 aliphatic heterocycles. The molecule has 4 aromatic rings. The van der Waals surface area contributed by atoms with Crippen LogP contribution >= 0.6 is 11.6 Å². The highest BCUT2D eigenvalue weighted by molar-refractivity contribution is 6.31. The second-order valence-corrected chi connectivity index (χ2v) is 6.96. The first-order chi connectivity index (χ1) is 13.5. The number of fused-ring (bicyclic) bond motifs is 1. The molecule has 0 radical (unpaired) electrons. The molecule has 4 rings (SSSR count). The Hall–Kier alpha value is -3.37. The van der Waals surface area contributed by atoms with E-state index in [0.717, 1.165) is 11.1 Å². The van der Waals surface area contributed by atoms with Gasteiger partial charge in [-0.2, -0.15) is 0 Å². The zero-order chi connectivity index (χ0) is 19.7. The number of carbonyl (C=O) groups excluding carboxylic acids is 1. The third-order valence-electron chi connectivity index (χ3n) is 4.37. The summed E-state index contributed by atoms with van der Waals surface area (Å²) in [7, 11) is 0. The molecule has 0 aliphatic rings. The summed E-state index contributed by atoms with van der Waals surface area (Å²) in [6, 6.07) is 20.9. The Bertz CT molecular complexity index is 1260. The molecular formula is C23H16ClNO3. The molecule has 0 fully saturated rings. The first-order valence-electron chi connectivity index (χ1n) is 8.71. The van der Waals surface area contributed by atoms with Crippen molar-refractivity contribution in [2.75, 3.05) is 5.32 Å². The summed E-state index contributed by atoms with van der Waals surface area (Å²) >= 11 is 5.93. The minimum atomic E-state index is -0.303. The summed E-state index contributed by atoms with van der Waals surface area (Å²) in [6.45, 7) is 1.98. The Morgan fingerprint density at radius 1 is 0.964 bits per heavy atom. The van der Waals surface area contributed by atoms with Gasteiger partial charge in [-0.05, 0) is 49.4 Å². The van der Waals surface area contributed by atoms with E-state index < -0.39 is 0 Å². The van der Waals surface area contributed by atoms with Crippen molar-refractivity contribution in [2.24, 2.45) is 0 Å². The van der Waals surface area contributed by atoms with Crippen LogP contribution in [-0.4, -0.2) is 5.91 Å². The summed E-state index contributed by atoms with van der Waals surface area (Å²) < 4.78 is 5.91. The smallest absolute Gasteiger partial charge is 0.255 e. The first-order valence-corrected chi connectivity index (χ1v) is 9.09. The van der Waals surface area contributed by atoms with Gasteiger partial charge in [0.1, 0.15) is 11.3 Å². The molecule has 0 unspecified atom stereocenters. The fraction of sp³-hybridized carbons (Fsp3) is 0.0435. The minimum Gasteiger partial charge on any atom is -0.456 e. The third kappa shape index (κ3) is 3.68. The molecule has 0 spiro atoms. The van der Waals surface area contributed by atoms with Gasteiger partial charge in [0.2, 0.25) is 0 Å². The Kier molecular flexibility index (Phi) is 4.72. The van der Waals surface area contributed by atoms with E-state index in [9.17, 15) is 9.59 Å². The van der Waals surface area contributed by atoms with Crippen molar-refractivity contribution < 1.29 is 9.21 Å². The Balaban J connectivity index is 1.68. The average molecular weight is 390 g/mol. The van der Waals surface area contributed by atoms with Gasteiger partial charge in [0, 0.05) is 27.9 Å². The van der Waals surface area contributed by atoms with Crippen molar-refractivity contribution in [2.45, 2.75) is 6.92 Å². The number of halogens is 1. The summed E-state index contributed by atoms with van der Waals surface area (Å²) in [5.41, 5.74) is 3.17. The monoisotopic (exact) mass is 389 g/mol. The maximum atomic E-state index is 12.6. The molecule has 5 heteroatoms. The molecular weight excluding hydrogens is 374 g/mol. The molecule has 1 N–H and O–H groups in total. The Morgan fingerprint density at radius 2 is 1.79 bits per heavy atom. The number of carbonyl (C=O) groups is 1. The quantitative estimate of drug-likeness (QED) is 0.490. The van der Waals surface area contributed by atoms with Crippen LogP contribution in [0.3, 0.4) is 0 Å². The third-order valence-corrected chi connectivity index (χ3v) is 4.61. The van der Waals surface area contributed by atoms with Gasteiger partial charge in [-0.15, -0.1) is 0 Å². The van der Waals surface area contributed by atoms with E-state index >= 15 is 0 Å². The second kappa shape index (κ2) is 7.33. The average Bonchev–Trinajstić information content (AvgIpc) is 2.68. The van der Waals surface area contributed by atoms with E-state index in [-0.39, 0.29) is 11.3 Å². The molecule has 3 aromatic carbocycles. The van der Waals surface area contributed by atoms with Gasteiger partial charge in [0.05, 0.1) is 5.39 Å². The molecule has 4 nitrogen and oxygen atoms in total. The number of hydrogen-bond donors (Lipinski definition) is 1. The van der Waals surface area contributed by atoms with Gasteiger partial charge < -0.3 is 9.73 Å². The molecule has 138 valence electrons. The number of anilines is 1. The summed E-state index contributed by atoms with van der Waals surface area (Å²) in [5.74, 6) is 0.208. The summed E-state index contributed by atoms with van der Waals surface area (Å²) in [6.07, 6.45) is 0. The second-order valence-electron chi connectivity index (χ2n) is 6.52. The topological polar surface area (TPSA) is 59.3 Å². The molecule has 0 aliphatic carbocycles. The molecule has 0 saturated heterocycles. The van der Waals surface area contributed by atoms with Crippen LogP contribution in [-0.2, 0) is 0 Å². The van der Waals surface area contributed by atoms with Crippen LogP contribution in [0.5, 0.6) is 0 Å². The number of nitrogens with one attached hydrogen (secondary N) is 1. The van der Waals surface area contributed by atoms with E-state index in [0.29, 0.717) is 33.0 Å². The van der Waals surface area contributed by atoms with Crippen molar-refractivity contribution >= 4 is 34.2 Å². The molecule has 0 atom stereocenters. The predicted octanol–water partition coefficient (Wildman–Crippen LogP) is 5.67. The fourth-order valence-electron chi connectivity index (χ4n) is 3.01. The van der Waals surface area contributed by atoms with Gasteiger partial charge >= 0.3 is 0 Å². The van der Waals surface area contributed by atoms with Gasteiger partial charge in [-0.3, -0.25) is 9.59 Å². The molecule has 28 heavy (non-hydrogen) atoms. The molecule has 0 bridgehead atoms. The van der Waals surface area contributed by atoms with Crippen LogP contribution in [0.2, 0.25) is 5.02 Å². The maximum absolute atomic E-state index is 12.6. The van der Waals surface area contributed by atoms with Crippen LogP contribution < -0.4 is 10.7 Å². The van der Waals surface area contributed by atoms with Crippen LogP contribution in [0.4, 0.5) is 5.69 Å². The van der Waals surface area contributed by atoms with Crippen molar-refractivity contribution in [3.05, 3.63) is 99.2 Å². The van der Waals surface area contributed by atoms with Crippen molar-refractivity contribution in [1.29, 1.82) is 0 Å². The number of aryl methyl sites for hydroxylation is 1. The molecule has 0 saturated carbocycles. The molecule has 1 heterocycles. The van der Waals surface area contributed by atoms with Gasteiger partial charge in [-0.25, -0.2) is 0 Å². The highest BCUT2D eigenvalue weighted by Gasteiger charge is 2.11. The SMILES string of the molecule is Cc1cccc(-c2cc(=O)c3cc(NC(=O)c4cccc(Cl)c4)ccc3o2)c1. The Labute approximate surface area is 166 Å². The summed E-state index contributed by atoms with van der Waals surface area (Å²) in [5, 5.41) is 3.67. The zero-order valence-corrected chi connectivity index (χ0v) is 15.8. The highest BCUT2D eigenvalue weighted by Crippen LogP contribution is 2.25. The lowest BCUT2D eigenvalue weighted by Gasteiger charge is -2.08. The number of hydrogen-bond acceptors (Lipinski definition) is 3. The molecule has 1 amide bonds. The fourth-order valence-corrected chi connectivity index (χ4v) is 3.20. The lowest BCUT2D eigenvalue weighted by molar-refractivity contribution is 0.102. The lowest BCUT2D eigenvalue weighted by atomic mass is 10.1. The highest BCUT2D eigenvalue weighted by atomic mass is 35.5. The Morgan fingerprint density at radius 3 is 2.57 bits per heavy atom. The lowest BCUT2D eigenvalue weighted by Crippen LogP contribution is -2.12. The van der Waals surface area contributed by atoms with Crippen molar-refractivity contribution in [1.82, 2.24) is 0 Å². The van der Waals surface area contributed by atoms with E-state index in [1.54, 1.807) is 42.5 Å². The van der Waals surface area contributed by atoms with Crippen LogP contribution in [0.15, 0.2) is 82.0 Å². The van der Waals surface area contributed by atoms with Crippen molar-refractivity contribution in [3.63, 3.8) is 0 Å².